The molecule has 0 saturated carbocycles. The zero-order chi connectivity index (χ0) is 14.3. The summed E-state index contributed by atoms with van der Waals surface area (Å²) in [6.07, 6.45) is 0. The maximum absolute atomic E-state index is 11.7. The Balaban J connectivity index is 2.55. The van der Waals surface area contributed by atoms with Crippen LogP contribution in [-0.2, 0) is 16.1 Å². The number of hydrogen-bond donors (Lipinski definition) is 2. The number of likely N-dealkylation sites (N-methyl/N-ethyl adjacent to an activating group) is 1. The van der Waals surface area contributed by atoms with Crippen LogP contribution in [0.1, 0.15) is 11.1 Å². The lowest BCUT2D eigenvalue weighted by atomic mass is 10.1. The van der Waals surface area contributed by atoms with Gasteiger partial charge in [0.1, 0.15) is 0 Å². The van der Waals surface area contributed by atoms with E-state index in [4.69, 9.17) is 9.84 Å². The number of carbonyl (C=O) groups is 1. The molecule has 0 spiro atoms. The van der Waals surface area contributed by atoms with Crippen LogP contribution in [0.2, 0.25) is 0 Å². The van der Waals surface area contributed by atoms with Gasteiger partial charge in [-0.05, 0) is 30.2 Å². The molecule has 0 aliphatic heterocycles. The van der Waals surface area contributed by atoms with Crippen molar-refractivity contribution < 1.29 is 14.6 Å². The second-order valence-corrected chi connectivity index (χ2v) is 4.47. The van der Waals surface area contributed by atoms with Crippen LogP contribution in [0.5, 0.6) is 0 Å². The van der Waals surface area contributed by atoms with E-state index >= 15 is 0 Å². The van der Waals surface area contributed by atoms with Crippen LogP contribution >= 0.6 is 0 Å². The lowest BCUT2D eigenvalue weighted by Gasteiger charge is -2.20. The molecule has 0 heterocycles. The first-order valence-electron chi connectivity index (χ1n) is 6.25. The normalized spacial score (nSPS) is 10.3. The van der Waals surface area contributed by atoms with E-state index in [2.05, 4.69) is 5.32 Å². The minimum atomic E-state index is -0.0385. The van der Waals surface area contributed by atoms with Crippen molar-refractivity contribution in [1.29, 1.82) is 0 Å². The molecule has 19 heavy (non-hydrogen) atoms. The van der Waals surface area contributed by atoms with E-state index in [1.54, 1.807) is 7.11 Å². The number of methoxy groups -OCH3 is 1. The second-order valence-electron chi connectivity index (χ2n) is 4.47. The van der Waals surface area contributed by atoms with Gasteiger partial charge < -0.3 is 20.1 Å². The standard InChI is InChI=1S/C14H22N2O3/c1-11-8-13(5-4-12(11)10-17)16(2)9-14(18)15-6-7-19-3/h4-5,8,17H,6-7,9-10H2,1-3H3,(H,15,18). The summed E-state index contributed by atoms with van der Waals surface area (Å²) in [5.41, 5.74) is 2.88. The molecule has 0 unspecified atom stereocenters. The van der Waals surface area contributed by atoms with Crippen LogP contribution in [0.3, 0.4) is 0 Å². The van der Waals surface area contributed by atoms with Gasteiger partial charge in [-0.1, -0.05) is 6.07 Å². The fourth-order valence-electron chi connectivity index (χ4n) is 1.75. The Kier molecular flexibility index (Phi) is 6.32. The van der Waals surface area contributed by atoms with Crippen molar-refractivity contribution >= 4 is 11.6 Å². The number of aliphatic hydroxyl groups excluding tert-OH is 1. The van der Waals surface area contributed by atoms with Gasteiger partial charge >= 0.3 is 0 Å². The molecular weight excluding hydrogens is 244 g/mol. The molecule has 0 bridgehead atoms. The van der Waals surface area contributed by atoms with Gasteiger partial charge in [-0.25, -0.2) is 0 Å². The number of nitrogens with zero attached hydrogens (tertiary/aromatic N) is 1. The molecule has 5 nitrogen and oxygen atoms in total. The van der Waals surface area contributed by atoms with Crippen molar-refractivity contribution in [3.63, 3.8) is 0 Å². The average molecular weight is 266 g/mol. The fraction of sp³-hybridized carbons (Fsp3) is 0.500. The summed E-state index contributed by atoms with van der Waals surface area (Å²) < 4.78 is 4.87. The van der Waals surface area contributed by atoms with Gasteiger partial charge in [0.05, 0.1) is 19.8 Å². The van der Waals surface area contributed by atoms with Gasteiger partial charge in [-0.2, -0.15) is 0 Å². The van der Waals surface area contributed by atoms with Crippen LogP contribution in [0.4, 0.5) is 5.69 Å². The fourth-order valence-corrected chi connectivity index (χ4v) is 1.75. The average Bonchev–Trinajstić information content (AvgIpc) is 2.38. The van der Waals surface area contributed by atoms with E-state index in [9.17, 15) is 4.79 Å². The number of benzene rings is 1. The van der Waals surface area contributed by atoms with Gasteiger partial charge in [0.15, 0.2) is 0 Å². The largest absolute Gasteiger partial charge is 0.392 e. The van der Waals surface area contributed by atoms with Crippen LogP contribution < -0.4 is 10.2 Å². The van der Waals surface area contributed by atoms with Gasteiger partial charge in [0.2, 0.25) is 5.91 Å². The Bertz CT molecular complexity index is 421. The smallest absolute Gasteiger partial charge is 0.239 e. The molecule has 106 valence electrons. The predicted octanol–water partition coefficient (Wildman–Crippen LogP) is 0.686. The number of aliphatic hydroxyl groups is 1. The minimum Gasteiger partial charge on any atom is -0.392 e. The third-order valence-electron chi connectivity index (χ3n) is 2.95. The van der Waals surface area contributed by atoms with Crippen LogP contribution in [-0.4, -0.2) is 44.9 Å². The lowest BCUT2D eigenvalue weighted by molar-refractivity contribution is -0.119. The van der Waals surface area contributed by atoms with E-state index in [1.165, 1.54) is 0 Å². The van der Waals surface area contributed by atoms with Gasteiger partial charge in [-0.15, -0.1) is 0 Å². The second kappa shape index (κ2) is 7.76. The Morgan fingerprint density at radius 3 is 2.79 bits per heavy atom. The van der Waals surface area contributed by atoms with Crippen LogP contribution in [0.15, 0.2) is 18.2 Å². The van der Waals surface area contributed by atoms with Crippen molar-refractivity contribution in [3.05, 3.63) is 29.3 Å². The van der Waals surface area contributed by atoms with Crippen LogP contribution in [0.25, 0.3) is 0 Å². The topological polar surface area (TPSA) is 61.8 Å². The number of hydrogen-bond acceptors (Lipinski definition) is 4. The monoisotopic (exact) mass is 266 g/mol. The number of nitrogens with one attached hydrogen (secondary N) is 1. The minimum absolute atomic E-state index is 0.0351. The van der Waals surface area contributed by atoms with E-state index in [0.29, 0.717) is 19.7 Å². The van der Waals surface area contributed by atoms with E-state index in [-0.39, 0.29) is 12.5 Å². The predicted molar refractivity (Wildman–Crippen MR) is 75.3 cm³/mol. The third kappa shape index (κ3) is 4.89. The number of ether oxygens (including phenoxy) is 1. The highest BCUT2D eigenvalue weighted by molar-refractivity contribution is 5.81. The first-order valence-corrected chi connectivity index (χ1v) is 6.25. The molecule has 0 radical (unpaired) electrons. The summed E-state index contributed by atoms with van der Waals surface area (Å²) in [5.74, 6) is -0.0385. The lowest BCUT2D eigenvalue weighted by Crippen LogP contribution is -2.36. The molecule has 1 aromatic carbocycles. The van der Waals surface area contributed by atoms with Crippen molar-refractivity contribution in [2.75, 3.05) is 38.8 Å². The summed E-state index contributed by atoms with van der Waals surface area (Å²) in [6, 6.07) is 5.75. The summed E-state index contributed by atoms with van der Waals surface area (Å²) in [5, 5.41) is 11.9. The number of aryl methyl sites for hydroxylation is 1. The highest BCUT2D eigenvalue weighted by atomic mass is 16.5. The Morgan fingerprint density at radius 1 is 1.47 bits per heavy atom. The Morgan fingerprint density at radius 2 is 2.21 bits per heavy atom. The third-order valence-corrected chi connectivity index (χ3v) is 2.95. The molecule has 1 aromatic rings. The first kappa shape index (κ1) is 15.5. The van der Waals surface area contributed by atoms with Gasteiger partial charge in [0, 0.05) is 26.4 Å². The van der Waals surface area contributed by atoms with Crippen molar-refractivity contribution in [3.8, 4) is 0 Å². The molecular formula is C14H22N2O3. The summed E-state index contributed by atoms with van der Waals surface area (Å²) >= 11 is 0. The zero-order valence-corrected chi connectivity index (χ0v) is 11.8. The summed E-state index contributed by atoms with van der Waals surface area (Å²) in [7, 11) is 3.47. The quantitative estimate of drug-likeness (QED) is 0.713. The number of anilines is 1. The molecule has 0 aliphatic rings. The van der Waals surface area contributed by atoms with Gasteiger partial charge in [0.25, 0.3) is 0 Å². The zero-order valence-electron chi connectivity index (χ0n) is 11.8. The molecule has 0 fully saturated rings. The molecule has 1 rings (SSSR count). The van der Waals surface area contributed by atoms with E-state index in [0.717, 1.165) is 16.8 Å². The summed E-state index contributed by atoms with van der Waals surface area (Å²) in [4.78, 5) is 13.5. The summed E-state index contributed by atoms with van der Waals surface area (Å²) in [6.45, 7) is 3.31. The van der Waals surface area contributed by atoms with Crippen molar-refractivity contribution in [2.45, 2.75) is 13.5 Å². The molecule has 0 saturated heterocycles. The Hall–Kier alpha value is -1.59. The van der Waals surface area contributed by atoms with Crippen molar-refractivity contribution in [2.24, 2.45) is 0 Å². The molecule has 0 aromatic heterocycles. The number of carbonyl (C=O) groups excluding carboxylic acids is 1. The highest BCUT2D eigenvalue weighted by Crippen LogP contribution is 2.18. The molecule has 2 N–H and O–H groups in total. The maximum Gasteiger partial charge on any atom is 0.239 e. The first-order chi connectivity index (χ1) is 9.08. The SMILES string of the molecule is COCCNC(=O)CN(C)c1ccc(CO)c(C)c1. The highest BCUT2D eigenvalue weighted by Gasteiger charge is 2.08. The molecule has 5 heteroatoms. The number of amides is 1. The molecule has 1 amide bonds. The maximum atomic E-state index is 11.7. The Labute approximate surface area is 114 Å². The van der Waals surface area contributed by atoms with Crippen LogP contribution in [0, 0.1) is 6.92 Å². The number of rotatable bonds is 7. The molecule has 0 aliphatic carbocycles. The molecule has 0 atom stereocenters. The van der Waals surface area contributed by atoms with Gasteiger partial charge in [-0.3, -0.25) is 4.79 Å². The van der Waals surface area contributed by atoms with E-state index in [1.807, 2.05) is 37.1 Å². The van der Waals surface area contributed by atoms with E-state index < -0.39 is 0 Å². The van der Waals surface area contributed by atoms with Crippen molar-refractivity contribution in [1.82, 2.24) is 5.32 Å².